The largest absolute Gasteiger partial charge is 0.392 e. The molecule has 0 spiro atoms. The van der Waals surface area contributed by atoms with Gasteiger partial charge in [0.1, 0.15) is 0 Å². The zero-order valence-corrected chi connectivity index (χ0v) is 10.1. The molecule has 0 amide bonds. The molecule has 0 radical (unpaired) electrons. The standard InChI is InChI=1S/C12H18OSi/c1-14(2,3)10-12(9-13)11-7-5-4-6-8-11/h4-8,10,13H,9H2,1-3H3/b12-10+. The summed E-state index contributed by atoms with van der Waals surface area (Å²) in [5, 5.41) is 9.30. The van der Waals surface area contributed by atoms with Gasteiger partial charge in [0.05, 0.1) is 14.7 Å². The Morgan fingerprint density at radius 2 is 1.79 bits per heavy atom. The summed E-state index contributed by atoms with van der Waals surface area (Å²) < 4.78 is 0. The van der Waals surface area contributed by atoms with Crippen LogP contribution in [0.2, 0.25) is 19.6 Å². The predicted octanol–water partition coefficient (Wildman–Crippen LogP) is 2.94. The van der Waals surface area contributed by atoms with Crippen LogP contribution in [-0.2, 0) is 0 Å². The molecule has 0 unspecified atom stereocenters. The molecule has 2 heteroatoms. The molecule has 0 fully saturated rings. The summed E-state index contributed by atoms with van der Waals surface area (Å²) in [7, 11) is -1.25. The van der Waals surface area contributed by atoms with Crippen LogP contribution in [0.5, 0.6) is 0 Å². The summed E-state index contributed by atoms with van der Waals surface area (Å²) in [6, 6.07) is 10.1. The van der Waals surface area contributed by atoms with Gasteiger partial charge in [-0.15, -0.1) is 0 Å². The quantitative estimate of drug-likeness (QED) is 0.754. The normalized spacial score (nSPS) is 13.0. The van der Waals surface area contributed by atoms with Crippen molar-refractivity contribution in [3.8, 4) is 0 Å². The van der Waals surface area contributed by atoms with Gasteiger partial charge in [0, 0.05) is 0 Å². The molecular formula is C12H18OSi. The summed E-state index contributed by atoms with van der Waals surface area (Å²) in [6.45, 7) is 6.94. The van der Waals surface area contributed by atoms with E-state index in [1.54, 1.807) is 0 Å². The first-order valence-corrected chi connectivity index (χ1v) is 8.49. The number of benzene rings is 1. The van der Waals surface area contributed by atoms with Crippen molar-refractivity contribution in [1.29, 1.82) is 0 Å². The first-order valence-electron chi connectivity index (χ1n) is 4.91. The third kappa shape index (κ3) is 3.48. The van der Waals surface area contributed by atoms with E-state index in [0.717, 1.165) is 11.1 Å². The Labute approximate surface area is 87.1 Å². The maximum atomic E-state index is 9.30. The van der Waals surface area contributed by atoms with Crippen LogP contribution in [-0.4, -0.2) is 19.8 Å². The summed E-state index contributed by atoms with van der Waals surface area (Å²) >= 11 is 0. The van der Waals surface area contributed by atoms with Gasteiger partial charge in [0.25, 0.3) is 0 Å². The zero-order chi connectivity index (χ0) is 10.6. The molecule has 1 N–H and O–H groups in total. The summed E-state index contributed by atoms with van der Waals surface area (Å²) in [5.41, 5.74) is 4.45. The number of hydrogen-bond donors (Lipinski definition) is 1. The molecular weight excluding hydrogens is 188 g/mol. The lowest BCUT2D eigenvalue weighted by Crippen LogP contribution is -2.17. The monoisotopic (exact) mass is 206 g/mol. The molecule has 76 valence electrons. The second kappa shape index (κ2) is 4.58. The first-order chi connectivity index (χ1) is 6.53. The fourth-order valence-electron chi connectivity index (χ4n) is 1.40. The average Bonchev–Trinajstić information content (AvgIpc) is 2.14. The molecule has 1 aromatic rings. The number of aliphatic hydroxyl groups excluding tert-OH is 1. The van der Waals surface area contributed by atoms with Crippen LogP contribution >= 0.6 is 0 Å². The lowest BCUT2D eigenvalue weighted by molar-refractivity contribution is 0.350. The highest BCUT2D eigenvalue weighted by Gasteiger charge is 2.11. The van der Waals surface area contributed by atoms with E-state index in [4.69, 9.17) is 0 Å². The van der Waals surface area contributed by atoms with E-state index in [2.05, 4.69) is 25.3 Å². The second-order valence-corrected chi connectivity index (χ2v) is 9.58. The summed E-state index contributed by atoms with van der Waals surface area (Å²) in [6.07, 6.45) is 0. The van der Waals surface area contributed by atoms with E-state index in [-0.39, 0.29) is 6.61 Å². The fourth-order valence-corrected chi connectivity index (χ4v) is 2.70. The van der Waals surface area contributed by atoms with Crippen LogP contribution in [0, 0.1) is 0 Å². The van der Waals surface area contributed by atoms with Crippen LogP contribution < -0.4 is 0 Å². The second-order valence-electron chi connectivity index (χ2n) is 4.56. The Morgan fingerprint density at radius 3 is 2.21 bits per heavy atom. The Morgan fingerprint density at radius 1 is 1.21 bits per heavy atom. The SMILES string of the molecule is C[Si](C)(C)/C=C(\CO)c1ccccc1. The van der Waals surface area contributed by atoms with Crippen molar-refractivity contribution in [3.63, 3.8) is 0 Å². The van der Waals surface area contributed by atoms with Gasteiger partial charge in [-0.3, -0.25) is 0 Å². The molecule has 1 rings (SSSR count). The molecule has 1 nitrogen and oxygen atoms in total. The van der Waals surface area contributed by atoms with Gasteiger partial charge in [0.15, 0.2) is 0 Å². The number of rotatable bonds is 3. The molecule has 0 aliphatic heterocycles. The zero-order valence-electron chi connectivity index (χ0n) is 9.12. The highest BCUT2D eigenvalue weighted by Crippen LogP contribution is 2.17. The van der Waals surface area contributed by atoms with Crippen molar-refractivity contribution in [2.24, 2.45) is 0 Å². The van der Waals surface area contributed by atoms with E-state index >= 15 is 0 Å². The number of hydrogen-bond acceptors (Lipinski definition) is 1. The van der Waals surface area contributed by atoms with Gasteiger partial charge < -0.3 is 5.11 Å². The van der Waals surface area contributed by atoms with E-state index in [1.165, 1.54) is 0 Å². The molecule has 0 atom stereocenters. The molecule has 0 bridgehead atoms. The van der Waals surface area contributed by atoms with Gasteiger partial charge in [-0.1, -0.05) is 55.7 Å². The maximum Gasteiger partial charge on any atom is 0.0692 e. The highest BCUT2D eigenvalue weighted by molar-refractivity contribution is 6.81. The maximum absolute atomic E-state index is 9.30. The van der Waals surface area contributed by atoms with Crippen molar-refractivity contribution < 1.29 is 5.11 Å². The summed E-state index contributed by atoms with van der Waals surface area (Å²) in [4.78, 5) is 0. The van der Waals surface area contributed by atoms with Gasteiger partial charge in [-0.05, 0) is 11.1 Å². The molecule has 0 saturated heterocycles. The Kier molecular flexibility index (Phi) is 3.67. The minimum absolute atomic E-state index is 0.133. The molecule has 0 saturated carbocycles. The van der Waals surface area contributed by atoms with Gasteiger partial charge in [-0.2, -0.15) is 0 Å². The van der Waals surface area contributed by atoms with E-state index in [9.17, 15) is 5.11 Å². The Hall–Kier alpha value is -0.863. The van der Waals surface area contributed by atoms with Crippen molar-refractivity contribution in [2.45, 2.75) is 19.6 Å². The number of aliphatic hydroxyl groups is 1. The van der Waals surface area contributed by atoms with Crippen LogP contribution in [0.3, 0.4) is 0 Å². The molecule has 0 aromatic heterocycles. The molecule has 0 aliphatic carbocycles. The topological polar surface area (TPSA) is 20.2 Å². The predicted molar refractivity (Wildman–Crippen MR) is 64.9 cm³/mol. The van der Waals surface area contributed by atoms with Crippen molar-refractivity contribution >= 4 is 13.6 Å². The van der Waals surface area contributed by atoms with Crippen LogP contribution in [0.15, 0.2) is 36.0 Å². The van der Waals surface area contributed by atoms with Gasteiger partial charge >= 0.3 is 0 Å². The fraction of sp³-hybridized carbons (Fsp3) is 0.333. The highest BCUT2D eigenvalue weighted by atomic mass is 28.3. The molecule has 14 heavy (non-hydrogen) atoms. The van der Waals surface area contributed by atoms with Gasteiger partial charge in [-0.25, -0.2) is 0 Å². The van der Waals surface area contributed by atoms with Crippen molar-refractivity contribution in [1.82, 2.24) is 0 Å². The minimum Gasteiger partial charge on any atom is -0.392 e. The Balaban J connectivity index is 3.00. The first kappa shape index (κ1) is 11.2. The molecule has 1 aromatic carbocycles. The smallest absolute Gasteiger partial charge is 0.0692 e. The van der Waals surface area contributed by atoms with Crippen molar-refractivity contribution in [2.75, 3.05) is 6.61 Å². The third-order valence-electron chi connectivity index (χ3n) is 1.92. The molecule has 0 heterocycles. The lowest BCUT2D eigenvalue weighted by Gasteiger charge is -2.13. The molecule has 0 aliphatic rings. The lowest BCUT2D eigenvalue weighted by atomic mass is 10.1. The van der Waals surface area contributed by atoms with E-state index in [0.29, 0.717) is 0 Å². The van der Waals surface area contributed by atoms with Crippen LogP contribution in [0.4, 0.5) is 0 Å². The van der Waals surface area contributed by atoms with E-state index in [1.807, 2.05) is 30.3 Å². The minimum atomic E-state index is -1.25. The average molecular weight is 206 g/mol. The van der Waals surface area contributed by atoms with Crippen LogP contribution in [0.25, 0.3) is 5.57 Å². The van der Waals surface area contributed by atoms with E-state index < -0.39 is 8.07 Å². The summed E-state index contributed by atoms with van der Waals surface area (Å²) in [5.74, 6) is 0. The van der Waals surface area contributed by atoms with Crippen LogP contribution in [0.1, 0.15) is 5.56 Å². The Bertz CT molecular complexity index is 309. The van der Waals surface area contributed by atoms with Crippen molar-refractivity contribution in [3.05, 3.63) is 41.6 Å². The van der Waals surface area contributed by atoms with Gasteiger partial charge in [0.2, 0.25) is 0 Å². The third-order valence-corrected chi connectivity index (χ3v) is 3.14.